The number of thiazole rings is 1. The van der Waals surface area contributed by atoms with Crippen LogP contribution in [0.25, 0.3) is 0 Å². The van der Waals surface area contributed by atoms with Crippen molar-refractivity contribution < 1.29 is 0 Å². The minimum absolute atomic E-state index is 0.570. The Morgan fingerprint density at radius 2 is 2.20 bits per heavy atom. The van der Waals surface area contributed by atoms with Crippen LogP contribution in [0.5, 0.6) is 0 Å². The Labute approximate surface area is 131 Å². The van der Waals surface area contributed by atoms with Crippen LogP contribution in [0.2, 0.25) is 10.0 Å². The number of hydrogen-bond acceptors (Lipinski definition) is 5. The van der Waals surface area contributed by atoms with E-state index in [1.807, 2.05) is 22.4 Å². The van der Waals surface area contributed by atoms with Gasteiger partial charge in [0.25, 0.3) is 0 Å². The number of guanidine groups is 1. The van der Waals surface area contributed by atoms with Crippen molar-refractivity contribution in [3.8, 4) is 0 Å². The van der Waals surface area contributed by atoms with Gasteiger partial charge in [0.15, 0.2) is 5.82 Å². The molecule has 0 atom stereocenters. The van der Waals surface area contributed by atoms with Crippen LogP contribution in [0.4, 0.5) is 11.5 Å². The largest absolute Gasteiger partial charge is 0.356 e. The summed E-state index contributed by atoms with van der Waals surface area (Å²) in [6, 6.07) is 5.41. The summed E-state index contributed by atoms with van der Waals surface area (Å²) in [6.07, 6.45) is 1.03. The lowest BCUT2D eigenvalue weighted by Gasteiger charge is -2.27. The van der Waals surface area contributed by atoms with Crippen molar-refractivity contribution in [2.24, 2.45) is 4.99 Å². The molecule has 0 aliphatic carbocycles. The molecule has 0 saturated heterocycles. The van der Waals surface area contributed by atoms with Gasteiger partial charge in [-0.25, -0.2) is 4.98 Å². The predicted molar refractivity (Wildman–Crippen MR) is 85.6 cm³/mol. The standard InChI is InChI=1S/C13H12Cl2N4S/c14-9-2-3-11(10(15)6-9)19(12-7-20-8-18-12)13-16-4-1-5-17-13/h2-3,6-8H,1,4-5H2,(H,16,17). The Kier molecular flexibility index (Phi) is 4.10. The van der Waals surface area contributed by atoms with Gasteiger partial charge in [-0.15, -0.1) is 11.3 Å². The average molecular weight is 327 g/mol. The molecule has 0 fully saturated rings. The van der Waals surface area contributed by atoms with Crippen molar-refractivity contribution in [2.45, 2.75) is 6.42 Å². The normalized spacial score (nSPS) is 14.6. The van der Waals surface area contributed by atoms with E-state index in [1.54, 1.807) is 11.6 Å². The number of hydrogen-bond donors (Lipinski definition) is 1. The van der Waals surface area contributed by atoms with E-state index in [2.05, 4.69) is 15.3 Å². The fraction of sp³-hybridized carbons (Fsp3) is 0.231. The highest BCUT2D eigenvalue weighted by Gasteiger charge is 2.21. The summed E-state index contributed by atoms with van der Waals surface area (Å²) in [6.45, 7) is 1.69. The second kappa shape index (κ2) is 5.99. The molecular weight excluding hydrogens is 315 g/mol. The van der Waals surface area contributed by atoms with Crippen molar-refractivity contribution in [1.29, 1.82) is 0 Å². The summed E-state index contributed by atoms with van der Waals surface area (Å²) >= 11 is 13.8. The summed E-state index contributed by atoms with van der Waals surface area (Å²) in [5.74, 6) is 1.57. The van der Waals surface area contributed by atoms with Gasteiger partial charge in [0, 0.05) is 23.5 Å². The first-order chi connectivity index (χ1) is 9.75. The fourth-order valence-corrected chi connectivity index (χ4v) is 3.01. The molecule has 1 aromatic heterocycles. The maximum atomic E-state index is 6.33. The Morgan fingerprint density at radius 1 is 1.30 bits per heavy atom. The topological polar surface area (TPSA) is 40.5 Å². The second-order valence-corrected chi connectivity index (χ2v) is 5.83. The highest BCUT2D eigenvalue weighted by atomic mass is 35.5. The van der Waals surface area contributed by atoms with Crippen LogP contribution >= 0.6 is 34.5 Å². The SMILES string of the molecule is Clc1ccc(N(C2=NCCCN2)c2cscn2)c(Cl)c1. The molecule has 1 aliphatic rings. The molecule has 0 saturated carbocycles. The number of aliphatic imine (C=N–C) groups is 1. The van der Waals surface area contributed by atoms with E-state index in [4.69, 9.17) is 23.2 Å². The van der Waals surface area contributed by atoms with Crippen LogP contribution < -0.4 is 10.2 Å². The smallest absolute Gasteiger partial charge is 0.204 e. The fourth-order valence-electron chi connectivity index (χ4n) is 2.00. The zero-order valence-electron chi connectivity index (χ0n) is 10.5. The summed E-state index contributed by atoms with van der Waals surface area (Å²) in [5, 5.41) is 6.44. The van der Waals surface area contributed by atoms with Crippen LogP contribution in [0, 0.1) is 0 Å². The van der Waals surface area contributed by atoms with E-state index in [0.717, 1.165) is 37.0 Å². The van der Waals surface area contributed by atoms with Gasteiger partial charge in [0.2, 0.25) is 5.96 Å². The molecule has 2 aromatic rings. The molecule has 4 nitrogen and oxygen atoms in total. The lowest BCUT2D eigenvalue weighted by Crippen LogP contribution is -2.42. The Balaban J connectivity index is 2.07. The molecule has 20 heavy (non-hydrogen) atoms. The van der Waals surface area contributed by atoms with Crippen molar-refractivity contribution in [3.05, 3.63) is 39.1 Å². The second-order valence-electron chi connectivity index (χ2n) is 4.26. The maximum absolute atomic E-state index is 6.33. The van der Waals surface area contributed by atoms with Gasteiger partial charge in [0.1, 0.15) is 0 Å². The number of nitrogens with zero attached hydrogens (tertiary/aromatic N) is 3. The molecule has 1 aromatic carbocycles. The van der Waals surface area contributed by atoms with Crippen molar-refractivity contribution in [3.63, 3.8) is 0 Å². The lowest BCUT2D eigenvalue weighted by atomic mass is 10.3. The van der Waals surface area contributed by atoms with Gasteiger partial charge in [-0.2, -0.15) is 0 Å². The van der Waals surface area contributed by atoms with E-state index in [9.17, 15) is 0 Å². The molecule has 0 bridgehead atoms. The summed E-state index contributed by atoms with van der Waals surface area (Å²) < 4.78 is 0. The first-order valence-electron chi connectivity index (χ1n) is 6.17. The van der Waals surface area contributed by atoms with Gasteiger partial charge in [-0.3, -0.25) is 9.89 Å². The molecule has 0 spiro atoms. The first kappa shape index (κ1) is 13.7. The van der Waals surface area contributed by atoms with Gasteiger partial charge in [-0.1, -0.05) is 23.2 Å². The summed E-state index contributed by atoms with van der Waals surface area (Å²) in [7, 11) is 0. The number of anilines is 2. The maximum Gasteiger partial charge on any atom is 0.204 e. The minimum atomic E-state index is 0.570. The molecule has 1 aliphatic heterocycles. The number of aromatic nitrogens is 1. The monoisotopic (exact) mass is 326 g/mol. The van der Waals surface area contributed by atoms with Crippen LogP contribution in [0.3, 0.4) is 0 Å². The third-order valence-corrected chi connectivity index (χ3v) is 4.00. The van der Waals surface area contributed by atoms with Gasteiger partial charge >= 0.3 is 0 Å². The summed E-state index contributed by atoms with van der Waals surface area (Å²) in [5.41, 5.74) is 2.60. The Morgan fingerprint density at radius 3 is 2.85 bits per heavy atom. The predicted octanol–water partition coefficient (Wildman–Crippen LogP) is 3.94. The van der Waals surface area contributed by atoms with Crippen LogP contribution in [0.1, 0.15) is 6.42 Å². The first-order valence-corrected chi connectivity index (χ1v) is 7.87. The van der Waals surface area contributed by atoms with E-state index in [1.165, 1.54) is 11.3 Å². The minimum Gasteiger partial charge on any atom is -0.356 e. The van der Waals surface area contributed by atoms with Crippen molar-refractivity contribution in [2.75, 3.05) is 18.0 Å². The number of benzene rings is 1. The molecule has 104 valence electrons. The molecule has 0 amide bonds. The van der Waals surface area contributed by atoms with Gasteiger partial charge < -0.3 is 5.32 Å². The van der Waals surface area contributed by atoms with Crippen LogP contribution in [0.15, 0.2) is 34.1 Å². The molecule has 1 N–H and O–H groups in total. The quantitative estimate of drug-likeness (QED) is 0.908. The molecule has 0 unspecified atom stereocenters. The zero-order valence-corrected chi connectivity index (χ0v) is 12.8. The van der Waals surface area contributed by atoms with E-state index >= 15 is 0 Å². The summed E-state index contributed by atoms with van der Waals surface area (Å²) in [4.78, 5) is 10.8. The average Bonchev–Trinajstić information content (AvgIpc) is 2.97. The van der Waals surface area contributed by atoms with E-state index in [-0.39, 0.29) is 0 Å². The zero-order chi connectivity index (χ0) is 13.9. The van der Waals surface area contributed by atoms with Crippen LogP contribution in [-0.4, -0.2) is 24.0 Å². The van der Waals surface area contributed by atoms with Gasteiger partial charge in [-0.05, 0) is 24.6 Å². The molecule has 0 radical (unpaired) electrons. The molecule has 2 heterocycles. The van der Waals surface area contributed by atoms with E-state index in [0.29, 0.717) is 10.0 Å². The highest BCUT2D eigenvalue weighted by Crippen LogP contribution is 2.33. The highest BCUT2D eigenvalue weighted by molar-refractivity contribution is 7.08. The molecule has 7 heteroatoms. The third-order valence-electron chi connectivity index (χ3n) is 2.89. The van der Waals surface area contributed by atoms with E-state index < -0.39 is 0 Å². The number of rotatable bonds is 2. The molecule has 3 rings (SSSR count). The van der Waals surface area contributed by atoms with Crippen molar-refractivity contribution >= 4 is 52.0 Å². The van der Waals surface area contributed by atoms with Crippen molar-refractivity contribution in [1.82, 2.24) is 10.3 Å². The van der Waals surface area contributed by atoms with Crippen LogP contribution in [-0.2, 0) is 0 Å². The molecular formula is C13H12Cl2N4S. The van der Waals surface area contributed by atoms with Gasteiger partial charge in [0.05, 0.1) is 16.2 Å². The lowest BCUT2D eigenvalue weighted by molar-refractivity contribution is 0.732. The third kappa shape index (κ3) is 2.75. The Hall–Kier alpha value is -1.30. The number of halogens is 2. The Bertz CT molecular complexity index is 627. The number of nitrogens with one attached hydrogen (secondary N) is 1.